The molecule has 0 aliphatic carbocycles. The number of rotatable bonds is 7. The monoisotopic (exact) mass is 386 g/mol. The smallest absolute Gasteiger partial charge is 0.243 e. The maximum absolute atomic E-state index is 12.5. The van der Waals surface area contributed by atoms with Crippen LogP contribution in [0, 0.1) is 0 Å². The first-order chi connectivity index (χ1) is 12.6. The molecule has 0 aliphatic rings. The summed E-state index contributed by atoms with van der Waals surface area (Å²) in [6, 6.07) is 16.0. The number of anilines is 1. The molecule has 0 fully saturated rings. The van der Waals surface area contributed by atoms with Crippen LogP contribution >= 0.6 is 0 Å². The maximum atomic E-state index is 12.5. The van der Waals surface area contributed by atoms with E-state index in [1.807, 2.05) is 42.5 Å². The van der Waals surface area contributed by atoms with Crippen molar-refractivity contribution in [2.24, 2.45) is 5.73 Å². The Hall–Kier alpha value is -2.15. The highest BCUT2D eigenvalue weighted by atomic mass is 28.4. The molecule has 0 bridgehead atoms. The Morgan fingerprint density at radius 2 is 1.67 bits per heavy atom. The number of para-hydroxylation sites is 3. The van der Waals surface area contributed by atoms with Gasteiger partial charge in [-0.3, -0.25) is 4.79 Å². The molecule has 2 aromatic rings. The number of carbonyl (C=O) groups is 1. The summed E-state index contributed by atoms with van der Waals surface area (Å²) in [7, 11) is -1.95. The first-order valence-corrected chi connectivity index (χ1v) is 12.0. The summed E-state index contributed by atoms with van der Waals surface area (Å²) in [5, 5.41) is 2.92. The molecule has 146 valence electrons. The SMILES string of the molecule is CC(C)(C)[Si](C)(C)OC[C@H](N)C(=O)Nc1ccccc1Oc1ccccc1. The zero-order valence-electron chi connectivity index (χ0n) is 16.8. The molecular formula is C21H30N2O3Si. The fourth-order valence-electron chi connectivity index (χ4n) is 2.09. The van der Waals surface area contributed by atoms with Crippen molar-refractivity contribution in [1.82, 2.24) is 0 Å². The lowest BCUT2D eigenvalue weighted by molar-refractivity contribution is -0.118. The van der Waals surface area contributed by atoms with Crippen molar-refractivity contribution in [2.45, 2.75) is 44.9 Å². The number of nitrogens with two attached hydrogens (primary N) is 1. The molecule has 6 heteroatoms. The largest absolute Gasteiger partial charge is 0.455 e. The molecule has 0 saturated heterocycles. The van der Waals surface area contributed by atoms with Gasteiger partial charge in [0.2, 0.25) is 5.91 Å². The van der Waals surface area contributed by atoms with Gasteiger partial charge in [-0.25, -0.2) is 0 Å². The van der Waals surface area contributed by atoms with Crippen LogP contribution in [0.3, 0.4) is 0 Å². The fourth-order valence-corrected chi connectivity index (χ4v) is 3.12. The molecule has 0 heterocycles. The summed E-state index contributed by atoms with van der Waals surface area (Å²) in [6.07, 6.45) is 0. The van der Waals surface area contributed by atoms with Crippen LogP contribution in [-0.4, -0.2) is 26.9 Å². The minimum atomic E-state index is -1.95. The second kappa shape index (κ2) is 8.69. The van der Waals surface area contributed by atoms with Crippen LogP contribution in [0.1, 0.15) is 20.8 Å². The van der Waals surface area contributed by atoms with Crippen LogP contribution in [0.25, 0.3) is 0 Å². The van der Waals surface area contributed by atoms with E-state index in [9.17, 15) is 4.79 Å². The molecular weight excluding hydrogens is 356 g/mol. The highest BCUT2D eigenvalue weighted by Crippen LogP contribution is 2.36. The molecule has 0 unspecified atom stereocenters. The number of benzene rings is 2. The predicted molar refractivity (Wildman–Crippen MR) is 113 cm³/mol. The number of nitrogens with one attached hydrogen (secondary N) is 1. The van der Waals surface area contributed by atoms with E-state index in [1.54, 1.807) is 12.1 Å². The number of ether oxygens (including phenoxy) is 1. The minimum Gasteiger partial charge on any atom is -0.455 e. The average Bonchev–Trinajstić information content (AvgIpc) is 2.61. The van der Waals surface area contributed by atoms with Crippen molar-refractivity contribution < 1.29 is 14.0 Å². The molecule has 0 aliphatic heterocycles. The summed E-state index contributed by atoms with van der Waals surface area (Å²) in [5.74, 6) is 0.970. The molecule has 3 N–H and O–H groups in total. The van der Waals surface area contributed by atoms with Crippen molar-refractivity contribution in [3.8, 4) is 11.5 Å². The highest BCUT2D eigenvalue weighted by Gasteiger charge is 2.37. The van der Waals surface area contributed by atoms with Crippen molar-refractivity contribution in [1.29, 1.82) is 0 Å². The average molecular weight is 387 g/mol. The number of hydrogen-bond acceptors (Lipinski definition) is 4. The van der Waals surface area contributed by atoms with E-state index in [2.05, 4.69) is 39.2 Å². The van der Waals surface area contributed by atoms with Gasteiger partial charge < -0.3 is 20.2 Å². The summed E-state index contributed by atoms with van der Waals surface area (Å²) < 4.78 is 11.9. The highest BCUT2D eigenvalue weighted by molar-refractivity contribution is 6.74. The summed E-state index contributed by atoms with van der Waals surface area (Å²) in [6.45, 7) is 10.9. The third kappa shape index (κ3) is 5.92. The van der Waals surface area contributed by atoms with Gasteiger partial charge in [-0.15, -0.1) is 0 Å². The summed E-state index contributed by atoms with van der Waals surface area (Å²) in [4.78, 5) is 12.5. The van der Waals surface area contributed by atoms with Crippen molar-refractivity contribution in [3.63, 3.8) is 0 Å². The molecule has 0 spiro atoms. The molecule has 0 saturated carbocycles. The second-order valence-corrected chi connectivity index (χ2v) is 12.9. The predicted octanol–water partition coefficient (Wildman–Crippen LogP) is 4.77. The summed E-state index contributed by atoms with van der Waals surface area (Å²) >= 11 is 0. The lowest BCUT2D eigenvalue weighted by atomic mass is 10.2. The minimum absolute atomic E-state index is 0.0688. The van der Waals surface area contributed by atoms with Gasteiger partial charge in [0.25, 0.3) is 0 Å². The molecule has 1 atom stereocenters. The Labute approximate surface area is 163 Å². The normalized spacial score (nSPS) is 13.1. The molecule has 5 nitrogen and oxygen atoms in total. The molecule has 0 aromatic heterocycles. The Morgan fingerprint density at radius 1 is 1.07 bits per heavy atom. The molecule has 1 amide bonds. The van der Waals surface area contributed by atoms with E-state index in [0.29, 0.717) is 17.2 Å². The number of carbonyl (C=O) groups excluding carboxylic acids is 1. The molecule has 2 aromatic carbocycles. The van der Waals surface area contributed by atoms with Gasteiger partial charge in [0, 0.05) is 0 Å². The van der Waals surface area contributed by atoms with Gasteiger partial charge in [-0.05, 0) is 42.4 Å². The Kier molecular flexibility index (Phi) is 6.81. The van der Waals surface area contributed by atoms with Crippen LogP contribution in [0.5, 0.6) is 11.5 Å². The molecule has 2 rings (SSSR count). The van der Waals surface area contributed by atoms with Gasteiger partial charge in [-0.1, -0.05) is 51.1 Å². The van der Waals surface area contributed by atoms with E-state index in [-0.39, 0.29) is 17.6 Å². The first-order valence-electron chi connectivity index (χ1n) is 9.12. The lowest BCUT2D eigenvalue weighted by Gasteiger charge is -2.36. The van der Waals surface area contributed by atoms with Crippen LogP contribution in [0.2, 0.25) is 18.1 Å². The van der Waals surface area contributed by atoms with E-state index in [1.165, 1.54) is 0 Å². The van der Waals surface area contributed by atoms with E-state index in [0.717, 1.165) is 0 Å². The van der Waals surface area contributed by atoms with Crippen molar-refractivity contribution in [2.75, 3.05) is 11.9 Å². The lowest BCUT2D eigenvalue weighted by Crippen LogP contribution is -2.47. The van der Waals surface area contributed by atoms with Crippen LogP contribution < -0.4 is 15.8 Å². The third-order valence-electron chi connectivity index (χ3n) is 4.88. The third-order valence-corrected chi connectivity index (χ3v) is 9.38. The topological polar surface area (TPSA) is 73.6 Å². The first kappa shape index (κ1) is 21.2. The second-order valence-electron chi connectivity index (χ2n) is 8.08. The van der Waals surface area contributed by atoms with Gasteiger partial charge >= 0.3 is 0 Å². The van der Waals surface area contributed by atoms with E-state index >= 15 is 0 Å². The van der Waals surface area contributed by atoms with Crippen LogP contribution in [0.15, 0.2) is 54.6 Å². The standard InChI is InChI=1S/C21H30N2O3Si/c1-21(2,3)27(4,5)25-15-17(22)20(24)23-18-13-9-10-14-19(18)26-16-11-7-6-8-12-16/h6-14,17H,15,22H2,1-5H3,(H,23,24)/t17-/m0/s1. The van der Waals surface area contributed by atoms with Gasteiger partial charge in [0.15, 0.2) is 14.1 Å². The van der Waals surface area contributed by atoms with Crippen LogP contribution in [0.4, 0.5) is 5.69 Å². The van der Waals surface area contributed by atoms with E-state index < -0.39 is 14.4 Å². The zero-order chi connectivity index (χ0) is 20.1. The van der Waals surface area contributed by atoms with Gasteiger partial charge in [-0.2, -0.15) is 0 Å². The zero-order valence-corrected chi connectivity index (χ0v) is 17.8. The maximum Gasteiger partial charge on any atom is 0.243 e. The number of hydrogen-bond donors (Lipinski definition) is 2. The molecule has 0 radical (unpaired) electrons. The Balaban J connectivity index is 2.01. The Morgan fingerprint density at radius 3 is 2.30 bits per heavy atom. The number of amides is 1. The van der Waals surface area contributed by atoms with E-state index in [4.69, 9.17) is 14.9 Å². The Bertz CT molecular complexity index is 758. The van der Waals surface area contributed by atoms with Gasteiger partial charge in [0.05, 0.1) is 12.3 Å². The van der Waals surface area contributed by atoms with Crippen molar-refractivity contribution >= 4 is 19.9 Å². The van der Waals surface area contributed by atoms with Crippen LogP contribution in [-0.2, 0) is 9.22 Å². The van der Waals surface area contributed by atoms with Crippen molar-refractivity contribution in [3.05, 3.63) is 54.6 Å². The molecule has 27 heavy (non-hydrogen) atoms. The fraction of sp³-hybridized carbons (Fsp3) is 0.381. The quantitative estimate of drug-likeness (QED) is 0.673. The van der Waals surface area contributed by atoms with Gasteiger partial charge in [0.1, 0.15) is 11.8 Å². The summed E-state index contributed by atoms with van der Waals surface area (Å²) in [5.41, 5.74) is 6.64.